The van der Waals surface area contributed by atoms with E-state index >= 15 is 0 Å². The van der Waals surface area contributed by atoms with Crippen molar-refractivity contribution in [2.75, 3.05) is 38.6 Å². The van der Waals surface area contributed by atoms with Crippen molar-refractivity contribution in [3.05, 3.63) is 28.2 Å². The maximum atomic E-state index is 5.91. The van der Waals surface area contributed by atoms with E-state index in [1.807, 2.05) is 0 Å². The Bertz CT molecular complexity index is 391. The summed E-state index contributed by atoms with van der Waals surface area (Å²) in [5, 5.41) is 0. The van der Waals surface area contributed by atoms with E-state index in [9.17, 15) is 0 Å². The van der Waals surface area contributed by atoms with Crippen molar-refractivity contribution in [1.29, 1.82) is 0 Å². The van der Waals surface area contributed by atoms with Gasteiger partial charge in [-0.2, -0.15) is 0 Å². The Balaban J connectivity index is 2.98. The molecule has 19 heavy (non-hydrogen) atoms. The summed E-state index contributed by atoms with van der Waals surface area (Å²) >= 11 is 3.60. The second kappa shape index (κ2) is 7.88. The molecule has 0 unspecified atom stereocenters. The van der Waals surface area contributed by atoms with Gasteiger partial charge in [0.05, 0.1) is 0 Å². The highest BCUT2D eigenvalue weighted by atomic mass is 79.9. The summed E-state index contributed by atoms with van der Waals surface area (Å²) in [6.07, 6.45) is 0. The van der Waals surface area contributed by atoms with Gasteiger partial charge in [-0.1, -0.05) is 35.8 Å². The first-order valence-electron chi connectivity index (χ1n) is 6.82. The lowest BCUT2D eigenvalue weighted by atomic mass is 10.1. The zero-order valence-electron chi connectivity index (χ0n) is 12.5. The summed E-state index contributed by atoms with van der Waals surface area (Å²) in [4.78, 5) is 4.66. The Morgan fingerprint density at radius 1 is 1.21 bits per heavy atom. The number of benzene rings is 1. The molecular weight excluding hydrogens is 302 g/mol. The van der Waals surface area contributed by atoms with Crippen LogP contribution in [0.5, 0.6) is 0 Å². The van der Waals surface area contributed by atoms with Crippen LogP contribution in [0.15, 0.2) is 22.7 Å². The first-order chi connectivity index (χ1) is 8.95. The number of hydrogen-bond donors (Lipinski definition) is 1. The topological polar surface area (TPSA) is 32.5 Å². The summed E-state index contributed by atoms with van der Waals surface area (Å²) in [6.45, 7) is 8.19. The summed E-state index contributed by atoms with van der Waals surface area (Å²) < 4.78 is 1.10. The summed E-state index contributed by atoms with van der Waals surface area (Å²) in [6, 6.07) is 6.32. The minimum absolute atomic E-state index is 0.563. The molecule has 0 heterocycles. The van der Waals surface area contributed by atoms with Gasteiger partial charge < -0.3 is 15.5 Å². The van der Waals surface area contributed by atoms with Gasteiger partial charge in [0, 0.05) is 41.9 Å². The molecule has 1 aromatic carbocycles. The fraction of sp³-hybridized carbons (Fsp3) is 0.600. The Morgan fingerprint density at radius 2 is 1.89 bits per heavy atom. The molecule has 0 spiro atoms. The molecule has 0 aliphatic heterocycles. The van der Waals surface area contributed by atoms with Crippen molar-refractivity contribution in [2.24, 2.45) is 11.7 Å². The van der Waals surface area contributed by atoms with Gasteiger partial charge in [-0.25, -0.2) is 0 Å². The van der Waals surface area contributed by atoms with E-state index in [2.05, 4.69) is 71.9 Å². The summed E-state index contributed by atoms with van der Waals surface area (Å²) in [5.74, 6) is 0.631. The van der Waals surface area contributed by atoms with Crippen LogP contribution in [0.1, 0.15) is 19.4 Å². The van der Waals surface area contributed by atoms with E-state index in [1.54, 1.807) is 0 Å². The minimum Gasteiger partial charge on any atom is -0.370 e. The van der Waals surface area contributed by atoms with Crippen LogP contribution >= 0.6 is 15.9 Å². The fourth-order valence-electron chi connectivity index (χ4n) is 2.12. The highest BCUT2D eigenvalue weighted by Gasteiger charge is 2.14. The van der Waals surface area contributed by atoms with E-state index in [0.29, 0.717) is 12.5 Å². The largest absolute Gasteiger partial charge is 0.370 e. The molecule has 0 aromatic heterocycles. The molecule has 0 aliphatic rings. The lowest BCUT2D eigenvalue weighted by Gasteiger charge is -2.30. The smallest absolute Gasteiger partial charge is 0.0423 e. The predicted octanol–water partition coefficient (Wildman–Crippen LogP) is 2.93. The number of hydrogen-bond acceptors (Lipinski definition) is 3. The maximum Gasteiger partial charge on any atom is 0.0423 e. The van der Waals surface area contributed by atoms with E-state index in [-0.39, 0.29) is 0 Å². The highest BCUT2D eigenvalue weighted by Crippen LogP contribution is 2.28. The van der Waals surface area contributed by atoms with Crippen molar-refractivity contribution in [2.45, 2.75) is 20.4 Å². The average Bonchev–Trinajstić information content (AvgIpc) is 2.33. The van der Waals surface area contributed by atoms with Crippen LogP contribution in [0.3, 0.4) is 0 Å². The normalized spacial score (nSPS) is 11.4. The van der Waals surface area contributed by atoms with E-state index < -0.39 is 0 Å². The van der Waals surface area contributed by atoms with Crippen molar-refractivity contribution < 1.29 is 0 Å². The van der Waals surface area contributed by atoms with Crippen LogP contribution in [-0.4, -0.2) is 38.6 Å². The molecule has 1 aromatic rings. The Morgan fingerprint density at radius 3 is 2.42 bits per heavy atom. The number of rotatable bonds is 7. The molecule has 0 radical (unpaired) electrons. The number of anilines is 1. The Hall–Kier alpha value is -0.580. The maximum absolute atomic E-state index is 5.91. The van der Waals surface area contributed by atoms with Crippen molar-refractivity contribution in [3.8, 4) is 0 Å². The Labute approximate surface area is 125 Å². The van der Waals surface area contributed by atoms with Gasteiger partial charge in [0.1, 0.15) is 0 Å². The molecule has 0 amide bonds. The van der Waals surface area contributed by atoms with Crippen LogP contribution < -0.4 is 10.6 Å². The van der Waals surface area contributed by atoms with Gasteiger partial charge in [-0.05, 0) is 32.1 Å². The predicted molar refractivity (Wildman–Crippen MR) is 87.6 cm³/mol. The van der Waals surface area contributed by atoms with Crippen LogP contribution in [0.25, 0.3) is 0 Å². The number of nitrogens with two attached hydrogens (primary N) is 1. The summed E-state index contributed by atoms with van der Waals surface area (Å²) in [7, 11) is 4.22. The van der Waals surface area contributed by atoms with Crippen molar-refractivity contribution in [3.63, 3.8) is 0 Å². The third-order valence-corrected chi connectivity index (χ3v) is 3.78. The third-order valence-electron chi connectivity index (χ3n) is 3.04. The monoisotopic (exact) mass is 327 g/mol. The molecular formula is C15H26BrN3. The van der Waals surface area contributed by atoms with Gasteiger partial charge in [-0.3, -0.25) is 0 Å². The van der Waals surface area contributed by atoms with Gasteiger partial charge in [0.2, 0.25) is 0 Å². The average molecular weight is 328 g/mol. The van der Waals surface area contributed by atoms with E-state index in [1.165, 1.54) is 11.3 Å². The van der Waals surface area contributed by atoms with Crippen LogP contribution in [0.4, 0.5) is 5.69 Å². The minimum atomic E-state index is 0.563. The molecule has 0 fully saturated rings. The molecule has 0 saturated carbocycles. The van der Waals surface area contributed by atoms with Crippen molar-refractivity contribution in [1.82, 2.24) is 4.90 Å². The Kier molecular flexibility index (Phi) is 6.83. The number of likely N-dealkylation sites (N-methyl/N-ethyl adjacent to an activating group) is 1. The lowest BCUT2D eigenvalue weighted by Crippen LogP contribution is -2.35. The molecule has 2 N–H and O–H groups in total. The first kappa shape index (κ1) is 16.5. The number of halogens is 1. The van der Waals surface area contributed by atoms with Crippen LogP contribution in [0.2, 0.25) is 0 Å². The zero-order chi connectivity index (χ0) is 14.4. The van der Waals surface area contributed by atoms with Crippen molar-refractivity contribution >= 4 is 21.6 Å². The van der Waals surface area contributed by atoms with Gasteiger partial charge >= 0.3 is 0 Å². The molecule has 0 saturated heterocycles. The van der Waals surface area contributed by atoms with E-state index in [4.69, 9.17) is 5.73 Å². The second-order valence-electron chi connectivity index (χ2n) is 5.58. The number of nitrogens with zero attached hydrogens (tertiary/aromatic N) is 2. The second-order valence-corrected chi connectivity index (χ2v) is 6.44. The van der Waals surface area contributed by atoms with Gasteiger partial charge in [-0.15, -0.1) is 0 Å². The molecule has 3 nitrogen and oxygen atoms in total. The molecule has 1 rings (SSSR count). The van der Waals surface area contributed by atoms with Crippen LogP contribution in [0, 0.1) is 5.92 Å². The van der Waals surface area contributed by atoms with Gasteiger partial charge in [0.25, 0.3) is 0 Å². The van der Waals surface area contributed by atoms with Crippen LogP contribution in [-0.2, 0) is 6.54 Å². The highest BCUT2D eigenvalue weighted by molar-refractivity contribution is 9.10. The zero-order valence-corrected chi connectivity index (χ0v) is 14.1. The lowest BCUT2D eigenvalue weighted by molar-refractivity contribution is 0.409. The third kappa shape index (κ3) is 5.13. The molecule has 0 aliphatic carbocycles. The molecule has 4 heteroatoms. The SMILES string of the molecule is CC(C)CN(CCN(C)C)c1cccc(Br)c1CN. The van der Waals surface area contributed by atoms with Gasteiger partial charge in [0.15, 0.2) is 0 Å². The fourth-order valence-corrected chi connectivity index (χ4v) is 2.63. The quantitative estimate of drug-likeness (QED) is 0.835. The first-order valence-corrected chi connectivity index (χ1v) is 7.62. The summed E-state index contributed by atoms with van der Waals surface area (Å²) in [5.41, 5.74) is 8.36. The molecule has 0 atom stereocenters. The molecule has 108 valence electrons. The standard InChI is InChI=1S/C15H26BrN3/c1-12(2)11-19(9-8-18(3)4)15-7-5-6-14(16)13(15)10-17/h5-7,12H,8-11,17H2,1-4H3. The molecule has 0 bridgehead atoms. The van der Waals surface area contributed by atoms with E-state index in [0.717, 1.165) is 24.1 Å².